The molecule has 14 heavy (non-hydrogen) atoms. The molecule has 2 N–H and O–H groups in total. The van der Waals surface area contributed by atoms with E-state index in [1.165, 1.54) is 12.1 Å². The summed E-state index contributed by atoms with van der Waals surface area (Å²) in [4.78, 5) is 9.96. The first kappa shape index (κ1) is 8.52. The van der Waals surface area contributed by atoms with E-state index < -0.39 is 4.92 Å². The number of nitro benzene ring substituents is 1. The largest absolute Gasteiger partial charge is 0.309 e. The molecule has 0 aliphatic carbocycles. The minimum Gasteiger partial charge on any atom is -0.309 e. The van der Waals surface area contributed by atoms with Gasteiger partial charge in [-0.05, 0) is 12.1 Å². The van der Waals surface area contributed by atoms with Crippen LogP contribution >= 0.6 is 0 Å². The molecule has 1 aliphatic heterocycles. The van der Waals surface area contributed by atoms with E-state index in [9.17, 15) is 10.1 Å². The fourth-order valence-corrected chi connectivity index (χ4v) is 1.14. The SMILES string of the molecule is O=[N+]([O-])c1ccc(N2C=CNN2)cc1. The normalized spacial score (nSPS) is 14.1. The molecular formula is C8H8N4O2. The predicted molar refractivity (Wildman–Crippen MR) is 51.0 cm³/mol. The average molecular weight is 192 g/mol. The van der Waals surface area contributed by atoms with Crippen LogP contribution in [0, 0.1) is 10.1 Å². The molecule has 0 saturated carbocycles. The molecule has 6 heteroatoms. The fourth-order valence-electron chi connectivity index (χ4n) is 1.14. The molecule has 0 aromatic heterocycles. The fraction of sp³-hybridized carbons (Fsp3) is 0. The lowest BCUT2D eigenvalue weighted by molar-refractivity contribution is -0.384. The summed E-state index contributed by atoms with van der Waals surface area (Å²) < 4.78 is 0. The zero-order valence-electron chi connectivity index (χ0n) is 7.18. The topological polar surface area (TPSA) is 70.4 Å². The first-order chi connectivity index (χ1) is 6.77. The molecule has 1 aromatic carbocycles. The van der Waals surface area contributed by atoms with Crippen LogP contribution in [0.5, 0.6) is 0 Å². The zero-order valence-corrected chi connectivity index (χ0v) is 7.18. The Morgan fingerprint density at radius 1 is 1.29 bits per heavy atom. The molecule has 0 amide bonds. The van der Waals surface area contributed by atoms with E-state index in [1.54, 1.807) is 29.5 Å². The highest BCUT2D eigenvalue weighted by Crippen LogP contribution is 2.18. The number of anilines is 1. The third-order valence-corrected chi connectivity index (χ3v) is 1.83. The first-order valence-corrected chi connectivity index (χ1v) is 3.99. The van der Waals surface area contributed by atoms with Crippen molar-refractivity contribution in [1.82, 2.24) is 11.0 Å². The van der Waals surface area contributed by atoms with Gasteiger partial charge in [-0.2, -0.15) is 0 Å². The lowest BCUT2D eigenvalue weighted by atomic mass is 10.3. The van der Waals surface area contributed by atoms with Crippen molar-refractivity contribution in [2.75, 3.05) is 5.01 Å². The van der Waals surface area contributed by atoms with Crippen molar-refractivity contribution in [3.8, 4) is 0 Å². The summed E-state index contributed by atoms with van der Waals surface area (Å²) in [5.74, 6) is 0. The number of hydrogen-bond acceptors (Lipinski definition) is 5. The molecule has 2 rings (SSSR count). The van der Waals surface area contributed by atoms with Crippen LogP contribution in [0.25, 0.3) is 0 Å². The second-order valence-corrected chi connectivity index (χ2v) is 2.72. The maximum Gasteiger partial charge on any atom is 0.269 e. The Morgan fingerprint density at radius 3 is 2.50 bits per heavy atom. The second kappa shape index (κ2) is 3.35. The summed E-state index contributed by atoms with van der Waals surface area (Å²) in [6.07, 6.45) is 3.50. The van der Waals surface area contributed by atoms with Gasteiger partial charge in [0.05, 0.1) is 10.6 Å². The predicted octanol–water partition coefficient (Wildman–Crippen LogP) is 0.895. The van der Waals surface area contributed by atoms with Crippen molar-refractivity contribution in [1.29, 1.82) is 0 Å². The van der Waals surface area contributed by atoms with E-state index in [-0.39, 0.29) is 5.69 Å². The summed E-state index contributed by atoms with van der Waals surface area (Å²) in [6, 6.07) is 6.26. The highest BCUT2D eigenvalue weighted by Gasteiger charge is 2.08. The van der Waals surface area contributed by atoms with E-state index in [1.807, 2.05) is 0 Å². The number of nitrogens with one attached hydrogen (secondary N) is 2. The molecule has 0 spiro atoms. The number of hydrazine groups is 2. The van der Waals surface area contributed by atoms with Crippen LogP contribution in [0.1, 0.15) is 0 Å². The lowest BCUT2D eigenvalue weighted by Gasteiger charge is -2.14. The third-order valence-electron chi connectivity index (χ3n) is 1.83. The Hall–Kier alpha value is -2.08. The average Bonchev–Trinajstić information content (AvgIpc) is 2.71. The number of rotatable bonds is 2. The quantitative estimate of drug-likeness (QED) is 0.538. The van der Waals surface area contributed by atoms with Gasteiger partial charge in [0.15, 0.2) is 0 Å². The molecule has 0 fully saturated rings. The third kappa shape index (κ3) is 1.50. The number of hydrogen-bond donors (Lipinski definition) is 2. The molecule has 0 saturated heterocycles. The summed E-state index contributed by atoms with van der Waals surface area (Å²) >= 11 is 0. The molecule has 0 bridgehead atoms. The van der Waals surface area contributed by atoms with Gasteiger partial charge in [0.2, 0.25) is 0 Å². The minimum atomic E-state index is -0.421. The molecule has 72 valence electrons. The second-order valence-electron chi connectivity index (χ2n) is 2.72. The Morgan fingerprint density at radius 2 is 2.00 bits per heavy atom. The van der Waals surface area contributed by atoms with E-state index >= 15 is 0 Å². The van der Waals surface area contributed by atoms with Gasteiger partial charge < -0.3 is 5.43 Å². The summed E-state index contributed by atoms with van der Waals surface area (Å²) in [7, 11) is 0. The standard InChI is InChI=1S/C8H8N4O2/c13-12(14)8-3-1-7(2-4-8)11-6-5-9-10-11/h1-6,9-10H. The van der Waals surface area contributed by atoms with Crippen LogP contribution in [-0.4, -0.2) is 4.92 Å². The summed E-state index contributed by atoms with van der Waals surface area (Å²) in [5.41, 5.74) is 6.51. The highest BCUT2D eigenvalue weighted by molar-refractivity contribution is 5.52. The van der Waals surface area contributed by atoms with Crippen LogP contribution in [0.15, 0.2) is 36.7 Å². The van der Waals surface area contributed by atoms with Crippen LogP contribution < -0.4 is 16.0 Å². The Balaban J connectivity index is 2.21. The van der Waals surface area contributed by atoms with Gasteiger partial charge >= 0.3 is 0 Å². The van der Waals surface area contributed by atoms with Gasteiger partial charge in [0, 0.05) is 24.5 Å². The number of non-ortho nitro benzene ring substituents is 1. The number of benzene rings is 1. The van der Waals surface area contributed by atoms with Gasteiger partial charge in [0.1, 0.15) is 0 Å². The Kier molecular flexibility index (Phi) is 2.04. The van der Waals surface area contributed by atoms with Gasteiger partial charge in [-0.25, -0.2) is 0 Å². The molecule has 0 radical (unpaired) electrons. The van der Waals surface area contributed by atoms with Gasteiger partial charge in [-0.15, -0.1) is 5.53 Å². The van der Waals surface area contributed by atoms with E-state index in [0.29, 0.717) is 0 Å². The molecule has 6 nitrogen and oxygen atoms in total. The molecule has 1 aromatic rings. The lowest BCUT2D eigenvalue weighted by Crippen LogP contribution is -2.35. The summed E-state index contributed by atoms with van der Waals surface area (Å²) in [5, 5.41) is 12.1. The van der Waals surface area contributed by atoms with E-state index in [0.717, 1.165) is 5.69 Å². The molecule has 0 unspecified atom stereocenters. The highest BCUT2D eigenvalue weighted by atomic mass is 16.6. The van der Waals surface area contributed by atoms with Crippen molar-refractivity contribution in [3.63, 3.8) is 0 Å². The Bertz CT molecular complexity index is 373. The molecule has 0 atom stereocenters. The van der Waals surface area contributed by atoms with Crippen molar-refractivity contribution in [2.24, 2.45) is 0 Å². The molecule has 1 heterocycles. The van der Waals surface area contributed by atoms with Crippen molar-refractivity contribution in [2.45, 2.75) is 0 Å². The van der Waals surface area contributed by atoms with E-state index in [2.05, 4.69) is 11.0 Å². The van der Waals surface area contributed by atoms with Gasteiger partial charge in [-0.1, -0.05) is 0 Å². The van der Waals surface area contributed by atoms with Crippen molar-refractivity contribution in [3.05, 3.63) is 46.8 Å². The molecular weight excluding hydrogens is 184 g/mol. The maximum atomic E-state index is 10.4. The number of nitrogens with zero attached hydrogens (tertiary/aromatic N) is 2. The Labute approximate surface area is 79.9 Å². The number of nitro groups is 1. The molecule has 1 aliphatic rings. The first-order valence-electron chi connectivity index (χ1n) is 3.99. The van der Waals surface area contributed by atoms with Gasteiger partial charge in [-0.3, -0.25) is 15.1 Å². The monoisotopic (exact) mass is 192 g/mol. The van der Waals surface area contributed by atoms with Crippen LogP contribution in [0.4, 0.5) is 11.4 Å². The van der Waals surface area contributed by atoms with E-state index in [4.69, 9.17) is 0 Å². The van der Waals surface area contributed by atoms with Crippen molar-refractivity contribution >= 4 is 11.4 Å². The van der Waals surface area contributed by atoms with Crippen molar-refractivity contribution < 1.29 is 4.92 Å². The smallest absolute Gasteiger partial charge is 0.269 e. The maximum absolute atomic E-state index is 10.4. The van der Waals surface area contributed by atoms with Crippen LogP contribution in [-0.2, 0) is 0 Å². The van der Waals surface area contributed by atoms with Crippen LogP contribution in [0.2, 0.25) is 0 Å². The van der Waals surface area contributed by atoms with Crippen LogP contribution in [0.3, 0.4) is 0 Å². The zero-order chi connectivity index (χ0) is 9.97. The summed E-state index contributed by atoms with van der Waals surface area (Å²) in [6.45, 7) is 0. The minimum absolute atomic E-state index is 0.0879. The van der Waals surface area contributed by atoms with Gasteiger partial charge in [0.25, 0.3) is 5.69 Å².